The minimum Gasteiger partial charge on any atom is -0.491 e. The highest BCUT2D eigenvalue weighted by atomic mass is 35.5. The van der Waals surface area contributed by atoms with Gasteiger partial charge in [-0.2, -0.15) is 0 Å². The molecule has 0 aliphatic carbocycles. The summed E-state index contributed by atoms with van der Waals surface area (Å²) in [6, 6.07) is 10.4. The number of ether oxygens (including phenoxy) is 2. The van der Waals surface area contributed by atoms with Gasteiger partial charge in [-0.25, -0.2) is 0 Å². The van der Waals surface area contributed by atoms with Gasteiger partial charge in [-0.15, -0.1) is 0 Å². The average molecular weight is 417 g/mol. The highest BCUT2D eigenvalue weighted by molar-refractivity contribution is 6.32. The fraction of sp³-hybridized carbons (Fsp3) is 0.273. The Morgan fingerprint density at radius 2 is 1.72 bits per heavy atom. The topological polar surface area (TPSA) is 76.7 Å². The monoisotopic (exact) mass is 416 g/mol. The van der Waals surface area contributed by atoms with Crippen molar-refractivity contribution in [2.75, 3.05) is 24.4 Å². The summed E-state index contributed by atoms with van der Waals surface area (Å²) in [5.41, 5.74) is 2.00. The van der Waals surface area contributed by atoms with E-state index in [2.05, 4.69) is 10.6 Å². The molecule has 2 aromatic carbocycles. The number of nitrogens with one attached hydrogen (secondary N) is 2. The zero-order valence-electron chi connectivity index (χ0n) is 16.9. The van der Waals surface area contributed by atoms with Gasteiger partial charge in [0.15, 0.2) is 11.5 Å². The normalized spacial score (nSPS) is 10.8. The molecule has 0 saturated carbocycles. The van der Waals surface area contributed by atoms with Crippen LogP contribution in [0.15, 0.2) is 42.5 Å². The second kappa shape index (κ2) is 10.5. The lowest BCUT2D eigenvalue weighted by atomic mass is 10.2. The minimum atomic E-state index is -0.297. The highest BCUT2D eigenvalue weighted by Crippen LogP contribution is 2.36. The molecule has 0 aliphatic rings. The summed E-state index contributed by atoms with van der Waals surface area (Å²) in [7, 11) is 1.52. The molecule has 2 amide bonds. The molecule has 0 heterocycles. The molecule has 2 aromatic rings. The summed E-state index contributed by atoms with van der Waals surface area (Å²) in [6.07, 6.45) is 3.04. The second-order valence-electron chi connectivity index (χ2n) is 6.51. The molecule has 2 rings (SSSR count). The van der Waals surface area contributed by atoms with Gasteiger partial charge in [0, 0.05) is 23.4 Å². The van der Waals surface area contributed by atoms with E-state index in [1.54, 1.807) is 42.5 Å². The number of carbonyl (C=O) groups excluding carboxylic acids is 2. The maximum atomic E-state index is 12.2. The Hall–Kier alpha value is -2.99. The third-order valence-corrected chi connectivity index (χ3v) is 4.19. The van der Waals surface area contributed by atoms with Crippen LogP contribution >= 0.6 is 11.6 Å². The molecule has 0 unspecified atom stereocenters. The molecule has 0 aliphatic heterocycles. The Labute approximate surface area is 175 Å². The van der Waals surface area contributed by atoms with E-state index in [-0.39, 0.29) is 17.7 Å². The Balaban J connectivity index is 2.03. The molecular weight excluding hydrogens is 392 g/mol. The molecule has 2 N–H and O–H groups in total. The van der Waals surface area contributed by atoms with Gasteiger partial charge in [0.05, 0.1) is 18.7 Å². The maximum absolute atomic E-state index is 12.2. The number of anilines is 2. The maximum Gasteiger partial charge on any atom is 0.248 e. The van der Waals surface area contributed by atoms with Crippen LogP contribution in [0.3, 0.4) is 0 Å². The number of amides is 2. The predicted molar refractivity (Wildman–Crippen MR) is 117 cm³/mol. The molecule has 0 fully saturated rings. The molecule has 29 heavy (non-hydrogen) atoms. The van der Waals surface area contributed by atoms with Gasteiger partial charge in [0.25, 0.3) is 0 Å². The van der Waals surface area contributed by atoms with Crippen LogP contribution in [0, 0.1) is 5.92 Å². The van der Waals surface area contributed by atoms with E-state index >= 15 is 0 Å². The smallest absolute Gasteiger partial charge is 0.248 e. The van der Waals surface area contributed by atoms with Crippen molar-refractivity contribution in [1.29, 1.82) is 0 Å². The van der Waals surface area contributed by atoms with E-state index in [0.717, 1.165) is 0 Å². The average Bonchev–Trinajstić information content (AvgIpc) is 2.68. The highest BCUT2D eigenvalue weighted by Gasteiger charge is 2.11. The van der Waals surface area contributed by atoms with Crippen molar-refractivity contribution in [3.05, 3.63) is 53.1 Å². The summed E-state index contributed by atoms with van der Waals surface area (Å²) in [5, 5.41) is 5.96. The molecule has 0 saturated heterocycles. The Morgan fingerprint density at radius 1 is 1.10 bits per heavy atom. The number of hydrogen-bond acceptors (Lipinski definition) is 4. The molecule has 7 heteroatoms. The summed E-state index contributed by atoms with van der Waals surface area (Å²) in [4.78, 5) is 23.9. The van der Waals surface area contributed by atoms with Crippen LogP contribution in [0.25, 0.3) is 6.08 Å². The first-order valence-electron chi connectivity index (χ1n) is 9.24. The van der Waals surface area contributed by atoms with Crippen molar-refractivity contribution in [2.45, 2.75) is 20.8 Å². The van der Waals surface area contributed by atoms with Crippen LogP contribution in [0.4, 0.5) is 11.4 Å². The van der Waals surface area contributed by atoms with Crippen LogP contribution in [0.2, 0.25) is 5.02 Å². The molecule has 0 radical (unpaired) electrons. The van der Waals surface area contributed by atoms with Crippen molar-refractivity contribution in [3.63, 3.8) is 0 Å². The number of benzene rings is 2. The van der Waals surface area contributed by atoms with Gasteiger partial charge in [-0.1, -0.05) is 25.4 Å². The molecular formula is C22H25ClN2O4. The van der Waals surface area contributed by atoms with Crippen molar-refractivity contribution < 1.29 is 19.1 Å². The van der Waals surface area contributed by atoms with Gasteiger partial charge in [-0.3, -0.25) is 9.59 Å². The zero-order chi connectivity index (χ0) is 21.4. The zero-order valence-corrected chi connectivity index (χ0v) is 17.7. The third kappa shape index (κ3) is 6.54. The van der Waals surface area contributed by atoms with Gasteiger partial charge < -0.3 is 20.1 Å². The number of methoxy groups -OCH3 is 1. The molecule has 6 nitrogen and oxygen atoms in total. The fourth-order valence-corrected chi connectivity index (χ4v) is 2.72. The molecule has 154 valence electrons. The summed E-state index contributed by atoms with van der Waals surface area (Å²) >= 11 is 6.22. The Bertz CT molecular complexity index is 892. The van der Waals surface area contributed by atoms with E-state index < -0.39 is 0 Å². The van der Waals surface area contributed by atoms with E-state index in [9.17, 15) is 9.59 Å². The van der Waals surface area contributed by atoms with E-state index in [1.807, 2.05) is 20.8 Å². The number of carbonyl (C=O) groups is 2. The van der Waals surface area contributed by atoms with Gasteiger partial charge >= 0.3 is 0 Å². The van der Waals surface area contributed by atoms with E-state index in [4.69, 9.17) is 21.1 Å². The molecule has 0 atom stereocenters. The van der Waals surface area contributed by atoms with Crippen molar-refractivity contribution in [2.24, 2.45) is 5.92 Å². The second-order valence-corrected chi connectivity index (χ2v) is 6.92. The van der Waals surface area contributed by atoms with Gasteiger partial charge in [0.2, 0.25) is 11.8 Å². The first-order chi connectivity index (χ1) is 13.8. The van der Waals surface area contributed by atoms with Crippen LogP contribution in [0.1, 0.15) is 26.3 Å². The standard InChI is InChI=1S/C22H25ClN2O4/c1-5-29-19-13-15(12-18(23)21(19)28-4)6-11-20(26)24-16-7-9-17(10-8-16)25-22(27)14(2)3/h6-14H,5H2,1-4H3,(H,24,26)(H,25,27)/b11-6+. The van der Waals surface area contributed by atoms with Crippen molar-refractivity contribution >= 4 is 40.9 Å². The van der Waals surface area contributed by atoms with E-state index in [1.165, 1.54) is 13.2 Å². The predicted octanol–water partition coefficient (Wildman–Crippen LogP) is 4.99. The Kier molecular flexibility index (Phi) is 8.09. The minimum absolute atomic E-state index is 0.0608. The molecule has 0 aromatic heterocycles. The number of rotatable bonds is 8. The fourth-order valence-electron chi connectivity index (χ4n) is 2.42. The SMILES string of the molecule is CCOc1cc(/C=C/C(=O)Nc2ccc(NC(=O)C(C)C)cc2)cc(Cl)c1OC. The largest absolute Gasteiger partial charge is 0.491 e. The van der Waals surface area contributed by atoms with Crippen LogP contribution in [-0.2, 0) is 9.59 Å². The van der Waals surface area contributed by atoms with Gasteiger partial charge in [0.1, 0.15) is 0 Å². The van der Waals surface area contributed by atoms with Crippen LogP contribution in [-0.4, -0.2) is 25.5 Å². The summed E-state index contributed by atoms with van der Waals surface area (Å²) in [5.74, 6) is 0.513. The van der Waals surface area contributed by atoms with E-state index in [0.29, 0.717) is 40.1 Å². The first-order valence-corrected chi connectivity index (χ1v) is 9.62. The molecule has 0 bridgehead atoms. The first kappa shape index (κ1) is 22.3. The van der Waals surface area contributed by atoms with Crippen molar-refractivity contribution in [3.8, 4) is 11.5 Å². The lowest BCUT2D eigenvalue weighted by Gasteiger charge is -2.11. The number of halogens is 1. The van der Waals surface area contributed by atoms with Gasteiger partial charge in [-0.05, 0) is 55.0 Å². The quantitative estimate of drug-likeness (QED) is 0.594. The van der Waals surface area contributed by atoms with Crippen molar-refractivity contribution in [1.82, 2.24) is 0 Å². The summed E-state index contributed by atoms with van der Waals surface area (Å²) < 4.78 is 10.8. The van der Waals surface area contributed by atoms with Crippen LogP contribution < -0.4 is 20.1 Å². The lowest BCUT2D eigenvalue weighted by molar-refractivity contribution is -0.119. The Morgan fingerprint density at radius 3 is 2.28 bits per heavy atom. The molecule has 0 spiro atoms. The summed E-state index contributed by atoms with van der Waals surface area (Å²) in [6.45, 7) is 5.98. The lowest BCUT2D eigenvalue weighted by Crippen LogP contribution is -2.17. The number of hydrogen-bond donors (Lipinski definition) is 2. The van der Waals surface area contributed by atoms with Crippen LogP contribution in [0.5, 0.6) is 11.5 Å². The third-order valence-electron chi connectivity index (χ3n) is 3.91.